The Hall–Kier alpha value is -2.08. The van der Waals surface area contributed by atoms with Gasteiger partial charge in [0.2, 0.25) is 0 Å². The maximum atomic E-state index is 12.0. The molecule has 120 valence electrons. The normalized spacial score (nSPS) is 24.0. The lowest BCUT2D eigenvalue weighted by atomic mass is 9.82. The zero-order valence-corrected chi connectivity index (χ0v) is 12.6. The molecule has 0 saturated carbocycles. The highest BCUT2D eigenvalue weighted by molar-refractivity contribution is 5.73. The van der Waals surface area contributed by atoms with E-state index in [4.69, 9.17) is 14.6 Å². The van der Waals surface area contributed by atoms with Crippen LogP contribution >= 0.6 is 0 Å². The van der Waals surface area contributed by atoms with Gasteiger partial charge in [0.25, 0.3) is 0 Å². The van der Waals surface area contributed by atoms with Crippen LogP contribution in [0.5, 0.6) is 0 Å². The first-order valence-electron chi connectivity index (χ1n) is 7.34. The molecule has 1 saturated heterocycles. The summed E-state index contributed by atoms with van der Waals surface area (Å²) < 4.78 is 10.6. The van der Waals surface area contributed by atoms with Gasteiger partial charge in [0.15, 0.2) is 0 Å². The molecule has 2 unspecified atom stereocenters. The third-order valence-corrected chi connectivity index (χ3v) is 3.98. The third-order valence-electron chi connectivity index (χ3n) is 3.98. The number of hydrogen-bond acceptors (Lipinski definition) is 4. The Balaban J connectivity index is 1.98. The van der Waals surface area contributed by atoms with Crippen molar-refractivity contribution in [1.82, 2.24) is 5.32 Å². The number of amides is 1. The lowest BCUT2D eigenvalue weighted by Gasteiger charge is -2.32. The minimum Gasteiger partial charge on any atom is -0.481 e. The molecule has 1 aromatic rings. The summed E-state index contributed by atoms with van der Waals surface area (Å²) in [5.41, 5.74) is -0.0198. The smallest absolute Gasteiger partial charge is 0.408 e. The molecule has 1 aliphatic heterocycles. The summed E-state index contributed by atoms with van der Waals surface area (Å²) in [6, 6.07) is 9.32. The number of ether oxygens (including phenoxy) is 2. The Morgan fingerprint density at radius 1 is 1.41 bits per heavy atom. The number of hydrogen-bond donors (Lipinski definition) is 2. The number of benzene rings is 1. The molecule has 22 heavy (non-hydrogen) atoms. The first kappa shape index (κ1) is 16.3. The van der Waals surface area contributed by atoms with Crippen LogP contribution in [0.15, 0.2) is 30.3 Å². The van der Waals surface area contributed by atoms with E-state index in [0.717, 1.165) is 12.0 Å². The van der Waals surface area contributed by atoms with Crippen LogP contribution in [0.4, 0.5) is 4.79 Å². The van der Waals surface area contributed by atoms with E-state index in [9.17, 15) is 9.59 Å². The molecule has 2 atom stereocenters. The highest BCUT2D eigenvalue weighted by atomic mass is 16.5. The molecule has 1 heterocycles. The van der Waals surface area contributed by atoms with E-state index in [1.807, 2.05) is 37.3 Å². The summed E-state index contributed by atoms with van der Waals surface area (Å²) in [6.45, 7) is 2.74. The van der Waals surface area contributed by atoms with Crippen LogP contribution in [0.1, 0.15) is 25.3 Å². The molecule has 2 N–H and O–H groups in total. The highest BCUT2D eigenvalue weighted by Gasteiger charge is 2.46. The second kappa shape index (κ2) is 7.26. The van der Waals surface area contributed by atoms with E-state index in [-0.39, 0.29) is 25.6 Å². The fourth-order valence-electron chi connectivity index (χ4n) is 2.78. The van der Waals surface area contributed by atoms with Crippen molar-refractivity contribution in [1.29, 1.82) is 0 Å². The fraction of sp³-hybridized carbons (Fsp3) is 0.500. The maximum absolute atomic E-state index is 12.0. The van der Waals surface area contributed by atoms with E-state index < -0.39 is 17.6 Å². The van der Waals surface area contributed by atoms with Gasteiger partial charge in [0.1, 0.15) is 6.61 Å². The van der Waals surface area contributed by atoms with Crippen molar-refractivity contribution in [3.63, 3.8) is 0 Å². The predicted molar refractivity (Wildman–Crippen MR) is 79.3 cm³/mol. The number of rotatable bonds is 6. The fourth-order valence-corrected chi connectivity index (χ4v) is 2.78. The van der Waals surface area contributed by atoms with Gasteiger partial charge in [-0.1, -0.05) is 37.3 Å². The van der Waals surface area contributed by atoms with Crippen LogP contribution in [-0.2, 0) is 20.9 Å². The van der Waals surface area contributed by atoms with Gasteiger partial charge in [-0.25, -0.2) is 4.79 Å². The minimum absolute atomic E-state index is 0.0344. The van der Waals surface area contributed by atoms with E-state index in [0.29, 0.717) is 6.61 Å². The first-order chi connectivity index (χ1) is 10.6. The predicted octanol–water partition coefficient (Wildman–Crippen LogP) is 2.18. The molecule has 2 rings (SSSR count). The lowest BCUT2D eigenvalue weighted by Crippen LogP contribution is -2.55. The van der Waals surface area contributed by atoms with Gasteiger partial charge >= 0.3 is 12.1 Å². The van der Waals surface area contributed by atoms with Crippen LogP contribution in [0.25, 0.3) is 0 Å². The molecular weight excluding hydrogens is 286 g/mol. The number of aliphatic carboxylic acids is 1. The van der Waals surface area contributed by atoms with Crippen LogP contribution in [0, 0.1) is 5.92 Å². The summed E-state index contributed by atoms with van der Waals surface area (Å²) in [6.07, 6.45) is -0.0629. The largest absolute Gasteiger partial charge is 0.481 e. The van der Waals surface area contributed by atoms with Crippen molar-refractivity contribution in [2.24, 2.45) is 5.92 Å². The molecule has 1 aliphatic rings. The standard InChI is InChI=1S/C16H21NO5/c1-2-13-10-21-11-16(13,8-14(18)19)17-15(20)22-9-12-6-4-3-5-7-12/h3-7,13H,2,8-11H2,1H3,(H,17,20)(H,18,19). The summed E-state index contributed by atoms with van der Waals surface area (Å²) in [5.74, 6) is -1.000. The summed E-state index contributed by atoms with van der Waals surface area (Å²) in [5, 5.41) is 11.9. The molecule has 0 aliphatic carbocycles. The maximum Gasteiger partial charge on any atom is 0.408 e. The zero-order valence-electron chi connectivity index (χ0n) is 12.6. The zero-order chi connectivity index (χ0) is 16.0. The summed E-state index contributed by atoms with van der Waals surface area (Å²) in [7, 11) is 0. The van der Waals surface area contributed by atoms with E-state index in [1.54, 1.807) is 0 Å². The van der Waals surface area contributed by atoms with E-state index >= 15 is 0 Å². The number of carbonyl (C=O) groups excluding carboxylic acids is 1. The van der Waals surface area contributed by atoms with Gasteiger partial charge in [0, 0.05) is 5.92 Å². The molecular formula is C16H21NO5. The van der Waals surface area contributed by atoms with Crippen LogP contribution in [0.2, 0.25) is 0 Å². The van der Waals surface area contributed by atoms with Gasteiger partial charge in [-0.2, -0.15) is 0 Å². The molecule has 1 amide bonds. The average Bonchev–Trinajstić information content (AvgIpc) is 2.87. The van der Waals surface area contributed by atoms with Crippen molar-refractivity contribution < 1.29 is 24.2 Å². The number of alkyl carbamates (subject to hydrolysis) is 1. The molecule has 0 aromatic heterocycles. The lowest BCUT2D eigenvalue weighted by molar-refractivity contribution is -0.139. The Bertz CT molecular complexity index is 519. The first-order valence-corrected chi connectivity index (χ1v) is 7.34. The molecule has 0 bridgehead atoms. The van der Waals surface area contributed by atoms with Gasteiger partial charge < -0.3 is 19.9 Å². The van der Waals surface area contributed by atoms with Gasteiger partial charge in [0.05, 0.1) is 25.2 Å². The van der Waals surface area contributed by atoms with Crippen molar-refractivity contribution in [2.75, 3.05) is 13.2 Å². The monoisotopic (exact) mass is 307 g/mol. The van der Waals surface area contributed by atoms with Gasteiger partial charge in [-0.15, -0.1) is 0 Å². The van der Waals surface area contributed by atoms with Crippen molar-refractivity contribution in [3.05, 3.63) is 35.9 Å². The van der Waals surface area contributed by atoms with Gasteiger partial charge in [-0.3, -0.25) is 4.79 Å². The van der Waals surface area contributed by atoms with Crippen LogP contribution in [0.3, 0.4) is 0 Å². The second-order valence-electron chi connectivity index (χ2n) is 5.53. The minimum atomic E-state index is -0.965. The third kappa shape index (κ3) is 3.98. The number of carboxylic acid groups (broad SMARTS) is 1. The molecule has 6 heteroatoms. The Morgan fingerprint density at radius 2 is 2.14 bits per heavy atom. The van der Waals surface area contributed by atoms with E-state index in [2.05, 4.69) is 5.32 Å². The molecule has 0 radical (unpaired) electrons. The van der Waals surface area contributed by atoms with Crippen molar-refractivity contribution >= 4 is 12.1 Å². The number of carboxylic acids is 1. The van der Waals surface area contributed by atoms with Crippen molar-refractivity contribution in [3.8, 4) is 0 Å². The molecule has 1 fully saturated rings. The Morgan fingerprint density at radius 3 is 2.77 bits per heavy atom. The topological polar surface area (TPSA) is 84.9 Å². The summed E-state index contributed by atoms with van der Waals surface area (Å²) in [4.78, 5) is 23.2. The van der Waals surface area contributed by atoms with Crippen LogP contribution in [-0.4, -0.2) is 35.9 Å². The average molecular weight is 307 g/mol. The Kier molecular flexibility index (Phi) is 5.38. The Labute approximate surface area is 129 Å². The quantitative estimate of drug-likeness (QED) is 0.841. The molecule has 6 nitrogen and oxygen atoms in total. The number of nitrogens with one attached hydrogen (secondary N) is 1. The highest BCUT2D eigenvalue weighted by Crippen LogP contribution is 2.31. The van der Waals surface area contributed by atoms with E-state index in [1.165, 1.54) is 0 Å². The molecule has 0 spiro atoms. The second-order valence-corrected chi connectivity index (χ2v) is 5.53. The number of carbonyl (C=O) groups is 2. The van der Waals surface area contributed by atoms with Crippen LogP contribution < -0.4 is 5.32 Å². The van der Waals surface area contributed by atoms with Crippen molar-refractivity contribution in [2.45, 2.75) is 31.9 Å². The summed E-state index contributed by atoms with van der Waals surface area (Å²) >= 11 is 0. The molecule has 1 aromatic carbocycles. The SMILES string of the molecule is CCC1COCC1(CC(=O)O)NC(=O)OCc1ccccc1. The van der Waals surface area contributed by atoms with Gasteiger partial charge in [-0.05, 0) is 12.0 Å².